The number of halogens is 3. The number of hydrogen-bond acceptors (Lipinski definition) is 1. The SMILES string of the molecule is NCC1c2cccc(Cl)c2-c2c1ccc(Cl)c2Cl. The monoisotopic (exact) mass is 297 g/mol. The standard InChI is InChI=1S/C14H10Cl3N/c15-10-3-1-2-7-9(6-18)8-4-5-11(16)14(17)13(8)12(7)10/h1-5,9H,6,18H2. The molecule has 0 amide bonds. The molecule has 0 fully saturated rings. The zero-order valence-electron chi connectivity index (χ0n) is 9.38. The molecule has 0 spiro atoms. The van der Waals surface area contributed by atoms with E-state index in [1.54, 1.807) is 0 Å². The molecule has 0 saturated carbocycles. The molecule has 0 heterocycles. The molecule has 2 aromatic carbocycles. The van der Waals surface area contributed by atoms with Gasteiger partial charge in [0.25, 0.3) is 0 Å². The van der Waals surface area contributed by atoms with Gasteiger partial charge < -0.3 is 5.73 Å². The summed E-state index contributed by atoms with van der Waals surface area (Å²) in [4.78, 5) is 0. The van der Waals surface area contributed by atoms with Gasteiger partial charge in [-0.25, -0.2) is 0 Å². The molecule has 1 unspecified atom stereocenters. The summed E-state index contributed by atoms with van der Waals surface area (Å²) in [6, 6.07) is 9.64. The summed E-state index contributed by atoms with van der Waals surface area (Å²) in [7, 11) is 0. The second kappa shape index (κ2) is 4.43. The van der Waals surface area contributed by atoms with Crippen molar-refractivity contribution >= 4 is 34.8 Å². The largest absolute Gasteiger partial charge is 0.330 e. The lowest BCUT2D eigenvalue weighted by Gasteiger charge is -2.10. The topological polar surface area (TPSA) is 26.0 Å². The van der Waals surface area contributed by atoms with Crippen molar-refractivity contribution < 1.29 is 0 Å². The highest BCUT2D eigenvalue weighted by Gasteiger charge is 2.31. The molecule has 92 valence electrons. The van der Waals surface area contributed by atoms with E-state index in [1.807, 2.05) is 30.3 Å². The van der Waals surface area contributed by atoms with Crippen LogP contribution in [-0.4, -0.2) is 6.54 Å². The fourth-order valence-electron chi connectivity index (χ4n) is 2.63. The average molecular weight is 299 g/mol. The third-order valence-electron chi connectivity index (χ3n) is 3.41. The van der Waals surface area contributed by atoms with Crippen LogP contribution in [-0.2, 0) is 0 Å². The summed E-state index contributed by atoms with van der Waals surface area (Å²) in [5.74, 6) is 0.142. The molecule has 0 saturated heterocycles. The fraction of sp³-hybridized carbons (Fsp3) is 0.143. The first kappa shape index (κ1) is 12.3. The molecular formula is C14H10Cl3N. The maximum atomic E-state index is 6.33. The van der Waals surface area contributed by atoms with Gasteiger partial charge in [0, 0.05) is 28.6 Å². The van der Waals surface area contributed by atoms with Crippen LogP contribution < -0.4 is 5.73 Å². The van der Waals surface area contributed by atoms with E-state index in [4.69, 9.17) is 40.5 Å². The molecule has 4 heteroatoms. The second-order valence-corrected chi connectivity index (χ2v) is 5.51. The Balaban J connectivity index is 2.41. The Morgan fingerprint density at radius 3 is 2.33 bits per heavy atom. The van der Waals surface area contributed by atoms with Crippen molar-refractivity contribution in [2.45, 2.75) is 5.92 Å². The molecule has 0 bridgehead atoms. The molecule has 0 aliphatic heterocycles. The smallest absolute Gasteiger partial charge is 0.0674 e. The van der Waals surface area contributed by atoms with E-state index in [2.05, 4.69) is 0 Å². The number of hydrogen-bond donors (Lipinski definition) is 1. The highest BCUT2D eigenvalue weighted by atomic mass is 35.5. The lowest BCUT2D eigenvalue weighted by atomic mass is 9.97. The van der Waals surface area contributed by atoms with E-state index in [0.29, 0.717) is 21.6 Å². The van der Waals surface area contributed by atoms with Crippen LogP contribution in [0, 0.1) is 0 Å². The van der Waals surface area contributed by atoms with Gasteiger partial charge in [-0.2, -0.15) is 0 Å². The van der Waals surface area contributed by atoms with Crippen LogP contribution in [0.1, 0.15) is 17.0 Å². The van der Waals surface area contributed by atoms with Gasteiger partial charge in [-0.15, -0.1) is 0 Å². The average Bonchev–Trinajstić information content (AvgIpc) is 2.69. The summed E-state index contributed by atoms with van der Waals surface area (Å²) < 4.78 is 0. The van der Waals surface area contributed by atoms with Crippen LogP contribution in [0.25, 0.3) is 11.1 Å². The summed E-state index contributed by atoms with van der Waals surface area (Å²) in [5.41, 5.74) is 10.0. The number of fused-ring (bicyclic) bond motifs is 3. The number of benzene rings is 2. The molecule has 0 aromatic heterocycles. The molecule has 18 heavy (non-hydrogen) atoms. The van der Waals surface area contributed by atoms with Gasteiger partial charge in [-0.1, -0.05) is 53.0 Å². The summed E-state index contributed by atoms with van der Waals surface area (Å²) >= 11 is 18.7. The molecule has 1 nitrogen and oxygen atoms in total. The van der Waals surface area contributed by atoms with Gasteiger partial charge >= 0.3 is 0 Å². The van der Waals surface area contributed by atoms with Gasteiger partial charge in [-0.3, -0.25) is 0 Å². The van der Waals surface area contributed by atoms with Gasteiger partial charge in [0.15, 0.2) is 0 Å². The predicted octanol–water partition coefficient (Wildman–Crippen LogP) is 4.72. The molecular weight excluding hydrogens is 289 g/mol. The Morgan fingerprint density at radius 2 is 1.61 bits per heavy atom. The number of nitrogens with two attached hydrogens (primary N) is 1. The zero-order valence-corrected chi connectivity index (χ0v) is 11.7. The van der Waals surface area contributed by atoms with Crippen molar-refractivity contribution in [1.82, 2.24) is 0 Å². The van der Waals surface area contributed by atoms with Crippen molar-refractivity contribution in [3.05, 3.63) is 56.5 Å². The Morgan fingerprint density at radius 1 is 0.889 bits per heavy atom. The van der Waals surface area contributed by atoms with E-state index in [1.165, 1.54) is 0 Å². The van der Waals surface area contributed by atoms with Gasteiger partial charge in [-0.05, 0) is 23.3 Å². The summed E-state index contributed by atoms with van der Waals surface area (Å²) in [6.07, 6.45) is 0. The second-order valence-electron chi connectivity index (χ2n) is 4.32. The van der Waals surface area contributed by atoms with Gasteiger partial charge in [0.05, 0.1) is 10.0 Å². The minimum Gasteiger partial charge on any atom is -0.330 e. The maximum Gasteiger partial charge on any atom is 0.0674 e. The third-order valence-corrected chi connectivity index (χ3v) is 4.53. The van der Waals surface area contributed by atoms with E-state index >= 15 is 0 Å². The lowest BCUT2D eigenvalue weighted by molar-refractivity contribution is 0.841. The van der Waals surface area contributed by atoms with Crippen LogP contribution in [0.4, 0.5) is 0 Å². The highest BCUT2D eigenvalue weighted by Crippen LogP contribution is 2.51. The van der Waals surface area contributed by atoms with Gasteiger partial charge in [0.2, 0.25) is 0 Å². The van der Waals surface area contributed by atoms with Gasteiger partial charge in [0.1, 0.15) is 0 Å². The molecule has 2 aromatic rings. The Hall–Kier alpha value is -0.730. The highest BCUT2D eigenvalue weighted by molar-refractivity contribution is 6.44. The fourth-order valence-corrected chi connectivity index (χ4v) is 3.33. The van der Waals surface area contributed by atoms with E-state index in [0.717, 1.165) is 22.3 Å². The summed E-state index contributed by atoms with van der Waals surface area (Å²) in [6.45, 7) is 0.526. The maximum absolute atomic E-state index is 6.33. The number of rotatable bonds is 1. The van der Waals surface area contributed by atoms with Crippen molar-refractivity contribution in [1.29, 1.82) is 0 Å². The van der Waals surface area contributed by atoms with Crippen molar-refractivity contribution in [3.63, 3.8) is 0 Å². The van der Waals surface area contributed by atoms with Crippen molar-refractivity contribution in [2.75, 3.05) is 6.54 Å². The van der Waals surface area contributed by atoms with Crippen LogP contribution in [0.5, 0.6) is 0 Å². The summed E-state index contributed by atoms with van der Waals surface area (Å²) in [5, 5.41) is 1.78. The first-order chi connectivity index (χ1) is 8.65. The molecule has 1 aliphatic carbocycles. The van der Waals surface area contributed by atoms with Crippen LogP contribution in [0.3, 0.4) is 0 Å². The third kappa shape index (κ3) is 1.59. The van der Waals surface area contributed by atoms with E-state index in [-0.39, 0.29) is 5.92 Å². The van der Waals surface area contributed by atoms with Crippen LogP contribution >= 0.6 is 34.8 Å². The Kier molecular flexibility index (Phi) is 3.03. The molecule has 1 atom stereocenters. The molecule has 2 N–H and O–H groups in total. The van der Waals surface area contributed by atoms with Crippen LogP contribution in [0.2, 0.25) is 15.1 Å². The Bertz CT molecular complexity index is 637. The Labute approximate surface area is 120 Å². The minimum atomic E-state index is 0.142. The van der Waals surface area contributed by atoms with E-state index in [9.17, 15) is 0 Å². The predicted molar refractivity (Wildman–Crippen MR) is 77.8 cm³/mol. The first-order valence-electron chi connectivity index (χ1n) is 5.62. The minimum absolute atomic E-state index is 0.142. The lowest BCUT2D eigenvalue weighted by Crippen LogP contribution is -2.11. The zero-order chi connectivity index (χ0) is 12.9. The normalized spacial score (nSPS) is 16.6. The van der Waals surface area contributed by atoms with Crippen molar-refractivity contribution in [2.24, 2.45) is 5.73 Å². The van der Waals surface area contributed by atoms with E-state index < -0.39 is 0 Å². The van der Waals surface area contributed by atoms with Crippen LogP contribution in [0.15, 0.2) is 30.3 Å². The molecule has 0 radical (unpaired) electrons. The quantitative estimate of drug-likeness (QED) is 0.810. The molecule has 1 aliphatic rings. The molecule has 3 rings (SSSR count). The first-order valence-corrected chi connectivity index (χ1v) is 6.75. The van der Waals surface area contributed by atoms with Crippen molar-refractivity contribution in [3.8, 4) is 11.1 Å².